The van der Waals surface area contributed by atoms with Crippen molar-refractivity contribution in [1.29, 1.82) is 0 Å². The van der Waals surface area contributed by atoms with Gasteiger partial charge >= 0.3 is 0 Å². The summed E-state index contributed by atoms with van der Waals surface area (Å²) >= 11 is 0. The Kier molecular flexibility index (Phi) is 4.44. The fourth-order valence-corrected chi connectivity index (χ4v) is 3.25. The van der Waals surface area contributed by atoms with Gasteiger partial charge in [-0.15, -0.1) is 0 Å². The van der Waals surface area contributed by atoms with E-state index in [2.05, 4.69) is 25.4 Å². The van der Waals surface area contributed by atoms with Crippen LogP contribution < -0.4 is 5.32 Å². The zero-order chi connectivity index (χ0) is 20.7. The van der Waals surface area contributed by atoms with Gasteiger partial charge in [0.15, 0.2) is 5.65 Å². The van der Waals surface area contributed by atoms with Crippen molar-refractivity contribution in [2.75, 3.05) is 13.2 Å². The molecule has 0 aliphatic carbocycles. The fourth-order valence-electron chi connectivity index (χ4n) is 3.25. The Hall–Kier alpha value is -3.72. The summed E-state index contributed by atoms with van der Waals surface area (Å²) in [6, 6.07) is 8.42. The Morgan fingerprint density at radius 1 is 1.20 bits per heavy atom. The van der Waals surface area contributed by atoms with E-state index in [9.17, 15) is 9.18 Å². The van der Waals surface area contributed by atoms with E-state index in [0.29, 0.717) is 47.2 Å². The molecule has 5 heterocycles. The number of ether oxygens (including phenoxy) is 1. The van der Waals surface area contributed by atoms with E-state index in [1.807, 2.05) is 6.07 Å². The van der Waals surface area contributed by atoms with Crippen molar-refractivity contribution >= 4 is 11.6 Å². The van der Waals surface area contributed by atoms with Gasteiger partial charge in [0.1, 0.15) is 11.4 Å². The molecule has 4 aromatic rings. The van der Waals surface area contributed by atoms with Crippen LogP contribution in [0.3, 0.4) is 0 Å². The van der Waals surface area contributed by atoms with Crippen molar-refractivity contribution in [2.24, 2.45) is 0 Å². The molecule has 0 atom stereocenters. The molecule has 0 unspecified atom stereocenters. The smallest absolute Gasteiger partial charge is 0.257 e. The van der Waals surface area contributed by atoms with Crippen LogP contribution >= 0.6 is 0 Å². The standard InChI is InChI=1S/C21H17FN6O2/c1-12-16(22)4-5-18(25-12)19-14(3-2-7-23-19)17-6-8-28-20(27-17)15(9-24-28)21(29)26-13-10-30-11-13/h2-9,13H,10-11H2,1H3,(H,26,29). The predicted octanol–water partition coefficient (Wildman–Crippen LogP) is 2.43. The molecule has 8 nitrogen and oxygen atoms in total. The van der Waals surface area contributed by atoms with Gasteiger partial charge in [-0.05, 0) is 37.3 Å². The first-order valence-corrected chi connectivity index (χ1v) is 9.42. The number of carbonyl (C=O) groups is 1. The Morgan fingerprint density at radius 3 is 2.83 bits per heavy atom. The van der Waals surface area contributed by atoms with Gasteiger partial charge in [0.25, 0.3) is 5.91 Å². The van der Waals surface area contributed by atoms with Gasteiger partial charge in [-0.25, -0.2) is 18.9 Å². The lowest BCUT2D eigenvalue weighted by molar-refractivity contribution is -0.00343. The van der Waals surface area contributed by atoms with Crippen LogP contribution in [-0.4, -0.2) is 49.7 Å². The summed E-state index contributed by atoms with van der Waals surface area (Å²) in [7, 11) is 0. The van der Waals surface area contributed by atoms with Crippen molar-refractivity contribution in [3.8, 4) is 22.6 Å². The Morgan fingerprint density at radius 2 is 2.07 bits per heavy atom. The van der Waals surface area contributed by atoms with Crippen LogP contribution in [-0.2, 0) is 4.74 Å². The molecule has 1 N–H and O–H groups in total. The first-order chi connectivity index (χ1) is 14.6. The molecule has 1 amide bonds. The van der Waals surface area contributed by atoms with Crippen molar-refractivity contribution in [2.45, 2.75) is 13.0 Å². The zero-order valence-electron chi connectivity index (χ0n) is 16.0. The molecule has 0 radical (unpaired) electrons. The van der Waals surface area contributed by atoms with Crippen LogP contribution in [0.1, 0.15) is 16.1 Å². The van der Waals surface area contributed by atoms with E-state index in [1.54, 1.807) is 42.0 Å². The van der Waals surface area contributed by atoms with Gasteiger partial charge in [-0.1, -0.05) is 0 Å². The summed E-state index contributed by atoms with van der Waals surface area (Å²) in [4.78, 5) is 26.0. The molecule has 0 saturated carbocycles. The van der Waals surface area contributed by atoms with Crippen molar-refractivity contribution in [3.63, 3.8) is 0 Å². The number of nitrogens with zero attached hydrogens (tertiary/aromatic N) is 5. The van der Waals surface area contributed by atoms with Gasteiger partial charge < -0.3 is 10.1 Å². The van der Waals surface area contributed by atoms with Crippen LogP contribution in [0.4, 0.5) is 4.39 Å². The largest absolute Gasteiger partial charge is 0.377 e. The SMILES string of the molecule is Cc1nc(-c2ncccc2-c2ccn3ncc(C(=O)NC4COC4)c3n2)ccc1F. The number of fused-ring (bicyclic) bond motifs is 1. The van der Waals surface area contributed by atoms with E-state index < -0.39 is 0 Å². The molecule has 9 heteroatoms. The second-order valence-corrected chi connectivity index (χ2v) is 7.01. The Bertz CT molecular complexity index is 1270. The third-order valence-corrected chi connectivity index (χ3v) is 4.93. The van der Waals surface area contributed by atoms with Crippen LogP contribution in [0.15, 0.2) is 48.9 Å². The quantitative estimate of drug-likeness (QED) is 0.561. The maximum atomic E-state index is 13.7. The Balaban J connectivity index is 1.57. The third-order valence-electron chi connectivity index (χ3n) is 4.93. The number of aromatic nitrogens is 5. The Labute approximate surface area is 170 Å². The zero-order valence-corrected chi connectivity index (χ0v) is 16.0. The molecule has 1 aliphatic heterocycles. The highest BCUT2D eigenvalue weighted by molar-refractivity contribution is 6.00. The minimum atomic E-state index is -0.373. The summed E-state index contributed by atoms with van der Waals surface area (Å²) in [5.41, 5.74) is 3.56. The second kappa shape index (κ2) is 7.27. The number of carbonyl (C=O) groups excluding carboxylic acids is 1. The van der Waals surface area contributed by atoms with Gasteiger partial charge in [0, 0.05) is 18.0 Å². The average molecular weight is 404 g/mol. The predicted molar refractivity (Wildman–Crippen MR) is 106 cm³/mol. The van der Waals surface area contributed by atoms with Gasteiger partial charge in [0.2, 0.25) is 0 Å². The highest BCUT2D eigenvalue weighted by atomic mass is 19.1. The van der Waals surface area contributed by atoms with Crippen molar-refractivity contribution in [3.05, 3.63) is 66.0 Å². The lowest BCUT2D eigenvalue weighted by atomic mass is 10.1. The van der Waals surface area contributed by atoms with E-state index >= 15 is 0 Å². The molecule has 1 fully saturated rings. The minimum Gasteiger partial charge on any atom is -0.377 e. The van der Waals surface area contributed by atoms with Crippen molar-refractivity contribution in [1.82, 2.24) is 29.9 Å². The van der Waals surface area contributed by atoms with E-state index in [1.165, 1.54) is 12.3 Å². The van der Waals surface area contributed by atoms with Crippen LogP contribution in [0.25, 0.3) is 28.3 Å². The van der Waals surface area contributed by atoms with E-state index in [-0.39, 0.29) is 17.8 Å². The number of nitrogens with one attached hydrogen (secondary N) is 1. The number of hydrogen-bond donors (Lipinski definition) is 1. The summed E-state index contributed by atoms with van der Waals surface area (Å²) in [5.74, 6) is -0.618. The van der Waals surface area contributed by atoms with E-state index in [4.69, 9.17) is 4.74 Å². The normalized spacial score (nSPS) is 13.9. The van der Waals surface area contributed by atoms with Gasteiger partial charge in [0.05, 0.1) is 48.2 Å². The first-order valence-electron chi connectivity index (χ1n) is 9.42. The van der Waals surface area contributed by atoms with E-state index in [0.717, 1.165) is 5.56 Å². The molecule has 0 spiro atoms. The van der Waals surface area contributed by atoms with Crippen molar-refractivity contribution < 1.29 is 13.9 Å². The number of hydrogen-bond acceptors (Lipinski definition) is 6. The van der Waals surface area contributed by atoms with Crippen LogP contribution in [0.2, 0.25) is 0 Å². The number of aryl methyl sites for hydroxylation is 1. The number of rotatable bonds is 4. The number of halogens is 1. The molecule has 150 valence electrons. The molecule has 0 bridgehead atoms. The fraction of sp³-hybridized carbons (Fsp3) is 0.190. The summed E-state index contributed by atoms with van der Waals surface area (Å²) < 4.78 is 20.3. The molecule has 30 heavy (non-hydrogen) atoms. The topological polar surface area (TPSA) is 94.3 Å². The van der Waals surface area contributed by atoms with Gasteiger partial charge in [-0.2, -0.15) is 5.10 Å². The minimum absolute atomic E-state index is 0.00773. The highest BCUT2D eigenvalue weighted by Gasteiger charge is 2.23. The third kappa shape index (κ3) is 3.18. The number of amides is 1. The lowest BCUT2D eigenvalue weighted by Crippen LogP contribution is -2.48. The first kappa shape index (κ1) is 18.3. The van der Waals surface area contributed by atoms with Gasteiger partial charge in [-0.3, -0.25) is 9.78 Å². The average Bonchev–Trinajstić information content (AvgIpc) is 3.16. The lowest BCUT2D eigenvalue weighted by Gasteiger charge is -2.26. The summed E-state index contributed by atoms with van der Waals surface area (Å²) in [5, 5.41) is 7.12. The highest BCUT2D eigenvalue weighted by Crippen LogP contribution is 2.29. The molecule has 5 rings (SSSR count). The molecule has 1 saturated heterocycles. The monoisotopic (exact) mass is 404 g/mol. The molecule has 4 aromatic heterocycles. The number of pyridine rings is 2. The molecule has 0 aromatic carbocycles. The maximum Gasteiger partial charge on any atom is 0.257 e. The summed E-state index contributed by atoms with van der Waals surface area (Å²) in [6.07, 6.45) is 4.88. The van der Waals surface area contributed by atoms with Crippen LogP contribution in [0, 0.1) is 12.7 Å². The molecular formula is C21H17FN6O2. The summed E-state index contributed by atoms with van der Waals surface area (Å²) in [6.45, 7) is 2.62. The van der Waals surface area contributed by atoms with Crippen LogP contribution in [0.5, 0.6) is 0 Å². The molecule has 1 aliphatic rings. The second-order valence-electron chi connectivity index (χ2n) is 7.01. The molecular weight excluding hydrogens is 387 g/mol. The maximum absolute atomic E-state index is 13.7.